The number of hydrogen-bond donors (Lipinski definition) is 1. The second-order valence-electron chi connectivity index (χ2n) is 9.66. The Morgan fingerprint density at radius 2 is 1.77 bits per heavy atom. The Labute approximate surface area is 255 Å². The molecule has 4 aromatic carbocycles. The van der Waals surface area contributed by atoms with E-state index in [-0.39, 0.29) is 23.6 Å². The summed E-state index contributed by atoms with van der Waals surface area (Å²) in [5, 5.41) is 15.5. The maximum Gasteiger partial charge on any atom is 0.335 e. The van der Waals surface area contributed by atoms with Crippen molar-refractivity contribution in [3.63, 3.8) is 0 Å². The third kappa shape index (κ3) is 5.58. The van der Waals surface area contributed by atoms with Gasteiger partial charge in [0.05, 0.1) is 36.9 Å². The lowest BCUT2D eigenvalue weighted by atomic mass is 10.1. The number of benzene rings is 4. The van der Waals surface area contributed by atoms with Gasteiger partial charge in [-0.05, 0) is 66.2 Å². The van der Waals surface area contributed by atoms with Gasteiger partial charge in [-0.1, -0.05) is 35.9 Å². The van der Waals surface area contributed by atoms with Crippen LogP contribution < -0.4 is 19.8 Å². The van der Waals surface area contributed by atoms with E-state index in [4.69, 9.17) is 35.2 Å². The third-order valence-electron chi connectivity index (χ3n) is 6.81. The van der Waals surface area contributed by atoms with E-state index in [0.717, 1.165) is 5.39 Å². The van der Waals surface area contributed by atoms with Crippen LogP contribution in [-0.4, -0.2) is 41.2 Å². The van der Waals surface area contributed by atoms with Gasteiger partial charge in [-0.25, -0.2) is 9.78 Å². The summed E-state index contributed by atoms with van der Waals surface area (Å²) < 4.78 is 24.4. The number of furan rings is 1. The molecule has 0 atom stereocenters. The van der Waals surface area contributed by atoms with Gasteiger partial charge in [0.2, 0.25) is 11.6 Å². The molecule has 0 bridgehead atoms. The van der Waals surface area contributed by atoms with Gasteiger partial charge in [0, 0.05) is 16.0 Å². The highest BCUT2D eigenvalue weighted by molar-refractivity contribution is 6.31. The monoisotopic (exact) mass is 609 g/mol. The number of halogens is 1. The number of carbonyl (C=O) groups is 1. The molecule has 220 valence electrons. The lowest BCUT2D eigenvalue weighted by Crippen LogP contribution is -2.20. The largest absolute Gasteiger partial charge is 0.493 e. The van der Waals surface area contributed by atoms with E-state index in [1.165, 1.54) is 37.2 Å². The van der Waals surface area contributed by atoms with Crippen molar-refractivity contribution in [1.82, 2.24) is 9.66 Å². The van der Waals surface area contributed by atoms with E-state index in [1.54, 1.807) is 72.8 Å². The Hall–Kier alpha value is -5.61. The number of carboxylic acid groups (broad SMARTS) is 1. The van der Waals surface area contributed by atoms with Crippen LogP contribution >= 0.6 is 11.6 Å². The third-order valence-corrected chi connectivity index (χ3v) is 7.05. The van der Waals surface area contributed by atoms with E-state index >= 15 is 0 Å². The zero-order chi connectivity index (χ0) is 30.8. The average Bonchev–Trinajstić information content (AvgIpc) is 3.46. The quantitative estimate of drug-likeness (QED) is 0.181. The van der Waals surface area contributed by atoms with Crippen molar-refractivity contribution in [3.8, 4) is 28.8 Å². The molecule has 11 heteroatoms. The molecule has 0 radical (unpaired) electrons. The summed E-state index contributed by atoms with van der Waals surface area (Å²) >= 11 is 6.17. The molecule has 0 unspecified atom stereocenters. The van der Waals surface area contributed by atoms with Crippen molar-refractivity contribution >= 4 is 45.7 Å². The molecule has 2 aromatic heterocycles. The molecule has 0 aliphatic carbocycles. The predicted octanol–water partition coefficient (Wildman–Crippen LogP) is 6.64. The molecule has 0 spiro atoms. The zero-order valence-electron chi connectivity index (χ0n) is 23.5. The molecular weight excluding hydrogens is 586 g/mol. The van der Waals surface area contributed by atoms with Crippen molar-refractivity contribution < 1.29 is 28.5 Å². The molecule has 44 heavy (non-hydrogen) atoms. The van der Waals surface area contributed by atoms with Crippen LogP contribution in [0.2, 0.25) is 5.02 Å². The second-order valence-corrected chi connectivity index (χ2v) is 10.1. The molecule has 6 aromatic rings. The van der Waals surface area contributed by atoms with Crippen molar-refractivity contribution in [1.29, 1.82) is 0 Å². The molecule has 0 fully saturated rings. The van der Waals surface area contributed by atoms with Crippen LogP contribution in [0.3, 0.4) is 0 Å². The standard InChI is InChI=1S/C33H24ClN3O7/c1-41-27-13-20(14-28(42-2)30(27)43-18-19-6-5-7-21(12-19)33(39)40)17-35-37-31(36-25-9-4-3-8-24(25)32(37)38)29-16-22-15-23(34)10-11-26(22)44-29/h3-17H,18H2,1-2H3,(H,39,40). The van der Waals surface area contributed by atoms with E-state index in [2.05, 4.69) is 5.10 Å². The van der Waals surface area contributed by atoms with Gasteiger partial charge in [0.15, 0.2) is 17.3 Å². The summed E-state index contributed by atoms with van der Waals surface area (Å²) in [6.45, 7) is 0.0749. The fraction of sp³-hybridized carbons (Fsp3) is 0.0909. The number of aromatic nitrogens is 2. The van der Waals surface area contributed by atoms with Gasteiger partial charge in [0.25, 0.3) is 5.56 Å². The molecule has 1 N–H and O–H groups in total. The summed E-state index contributed by atoms with van der Waals surface area (Å²) in [5.74, 6) is 0.531. The maximum atomic E-state index is 13.6. The van der Waals surface area contributed by atoms with Gasteiger partial charge in [-0.15, -0.1) is 0 Å². The van der Waals surface area contributed by atoms with Crippen molar-refractivity contribution in [2.75, 3.05) is 14.2 Å². The minimum Gasteiger partial charge on any atom is -0.493 e. The number of aromatic carboxylic acids is 1. The Balaban J connectivity index is 1.39. The molecule has 0 saturated heterocycles. The predicted molar refractivity (Wildman–Crippen MR) is 166 cm³/mol. The van der Waals surface area contributed by atoms with Gasteiger partial charge in [-0.2, -0.15) is 9.78 Å². The van der Waals surface area contributed by atoms with Gasteiger partial charge in [-0.3, -0.25) is 4.79 Å². The zero-order valence-corrected chi connectivity index (χ0v) is 24.2. The average molecular weight is 610 g/mol. The Morgan fingerprint density at radius 1 is 1.00 bits per heavy atom. The number of carboxylic acids is 1. The normalized spacial score (nSPS) is 11.3. The Bertz CT molecular complexity index is 2110. The highest BCUT2D eigenvalue weighted by atomic mass is 35.5. The molecule has 6 rings (SSSR count). The SMILES string of the molecule is COc1cc(C=Nn2c(-c3cc4cc(Cl)ccc4o3)nc3ccccc3c2=O)cc(OC)c1OCc1cccc(C(=O)O)c1. The summed E-state index contributed by atoms with van der Waals surface area (Å²) in [5.41, 5.74) is 2.05. The molecular formula is C33H24ClN3O7. The van der Waals surface area contributed by atoms with Crippen LogP contribution in [0.4, 0.5) is 0 Å². The van der Waals surface area contributed by atoms with Crippen LogP contribution in [-0.2, 0) is 6.61 Å². The van der Waals surface area contributed by atoms with E-state index < -0.39 is 5.97 Å². The molecule has 0 aliphatic rings. The summed E-state index contributed by atoms with van der Waals surface area (Å²) in [6.07, 6.45) is 1.48. The smallest absolute Gasteiger partial charge is 0.335 e. The Morgan fingerprint density at radius 3 is 2.52 bits per heavy atom. The molecule has 2 heterocycles. The molecule has 0 amide bonds. The van der Waals surface area contributed by atoms with Crippen molar-refractivity contribution in [2.45, 2.75) is 6.61 Å². The number of rotatable bonds is 9. The van der Waals surface area contributed by atoms with Crippen LogP contribution in [0, 0.1) is 0 Å². The lowest BCUT2D eigenvalue weighted by Gasteiger charge is -2.15. The number of methoxy groups -OCH3 is 2. The van der Waals surface area contributed by atoms with Crippen molar-refractivity contribution in [2.24, 2.45) is 5.10 Å². The van der Waals surface area contributed by atoms with Crippen molar-refractivity contribution in [3.05, 3.63) is 117 Å². The summed E-state index contributed by atoms with van der Waals surface area (Å²) in [7, 11) is 2.97. The summed E-state index contributed by atoms with van der Waals surface area (Å²) in [6, 6.07) is 23.8. The first-order valence-electron chi connectivity index (χ1n) is 13.3. The molecule has 10 nitrogen and oxygen atoms in total. The minimum absolute atomic E-state index is 0.0749. The van der Waals surface area contributed by atoms with E-state index in [0.29, 0.717) is 55.6 Å². The van der Waals surface area contributed by atoms with Crippen LogP contribution in [0.25, 0.3) is 33.5 Å². The van der Waals surface area contributed by atoms with Crippen LogP contribution in [0.5, 0.6) is 17.2 Å². The summed E-state index contributed by atoms with van der Waals surface area (Å²) in [4.78, 5) is 29.7. The highest BCUT2D eigenvalue weighted by Gasteiger charge is 2.18. The number of nitrogens with zero attached hydrogens (tertiary/aromatic N) is 3. The van der Waals surface area contributed by atoms with E-state index in [9.17, 15) is 14.7 Å². The fourth-order valence-corrected chi connectivity index (χ4v) is 4.89. The lowest BCUT2D eigenvalue weighted by molar-refractivity contribution is 0.0696. The van der Waals surface area contributed by atoms with Gasteiger partial charge >= 0.3 is 5.97 Å². The first kappa shape index (κ1) is 28.5. The number of fused-ring (bicyclic) bond motifs is 2. The topological polar surface area (TPSA) is 125 Å². The van der Waals surface area contributed by atoms with Crippen LogP contribution in [0.15, 0.2) is 99.2 Å². The minimum atomic E-state index is -1.03. The fourth-order valence-electron chi connectivity index (χ4n) is 4.71. The molecule has 0 aliphatic heterocycles. The number of ether oxygens (including phenoxy) is 3. The Kier molecular flexibility index (Phi) is 7.74. The maximum absolute atomic E-state index is 13.6. The first-order chi connectivity index (χ1) is 21.3. The number of para-hydroxylation sites is 1. The highest BCUT2D eigenvalue weighted by Crippen LogP contribution is 2.39. The van der Waals surface area contributed by atoms with Crippen LogP contribution in [0.1, 0.15) is 21.5 Å². The van der Waals surface area contributed by atoms with E-state index in [1.807, 2.05) is 0 Å². The first-order valence-corrected chi connectivity index (χ1v) is 13.7. The molecule has 0 saturated carbocycles. The van der Waals surface area contributed by atoms with Gasteiger partial charge in [0.1, 0.15) is 12.2 Å². The van der Waals surface area contributed by atoms with Gasteiger partial charge < -0.3 is 23.7 Å². The number of hydrogen-bond acceptors (Lipinski definition) is 8. The second kappa shape index (κ2) is 11.9.